The zero-order valence-electron chi connectivity index (χ0n) is 11.2. The van der Waals surface area contributed by atoms with Crippen molar-refractivity contribution in [1.82, 2.24) is 5.32 Å². The Balaban J connectivity index is 2.26. The Morgan fingerprint density at radius 2 is 2.05 bits per heavy atom. The van der Waals surface area contributed by atoms with Crippen LogP contribution in [0.4, 0.5) is 10.5 Å². The van der Waals surface area contributed by atoms with Gasteiger partial charge in [0.1, 0.15) is 5.75 Å². The van der Waals surface area contributed by atoms with E-state index in [2.05, 4.69) is 33.2 Å². The summed E-state index contributed by atoms with van der Waals surface area (Å²) in [6, 6.07) is 1.66. The SMILES string of the molecule is COc1c(I)cc(Cl)c2c1C1(CCCCC1)NC(=O)N2. The number of fused-ring (bicyclic) bond motifs is 2. The number of nitrogens with one attached hydrogen (secondary N) is 2. The minimum Gasteiger partial charge on any atom is -0.495 e. The first-order valence-electron chi connectivity index (χ1n) is 6.73. The molecule has 20 heavy (non-hydrogen) atoms. The van der Waals surface area contributed by atoms with Crippen molar-refractivity contribution in [3.8, 4) is 5.75 Å². The first-order chi connectivity index (χ1) is 9.57. The summed E-state index contributed by atoms with van der Waals surface area (Å²) in [5.74, 6) is 0.819. The number of amides is 2. The lowest BCUT2D eigenvalue weighted by atomic mass is 9.74. The molecule has 0 atom stereocenters. The van der Waals surface area contributed by atoms with Gasteiger partial charge in [-0.1, -0.05) is 30.9 Å². The number of hydrogen-bond donors (Lipinski definition) is 2. The van der Waals surface area contributed by atoms with Gasteiger partial charge in [-0.05, 0) is 41.5 Å². The Labute approximate surface area is 136 Å². The van der Waals surface area contributed by atoms with Gasteiger partial charge < -0.3 is 15.4 Å². The van der Waals surface area contributed by atoms with Crippen LogP contribution in [0, 0.1) is 3.57 Å². The highest BCUT2D eigenvalue weighted by Crippen LogP contribution is 2.50. The van der Waals surface area contributed by atoms with Gasteiger partial charge in [-0.25, -0.2) is 4.79 Å². The number of hydrogen-bond acceptors (Lipinski definition) is 2. The van der Waals surface area contributed by atoms with Gasteiger partial charge in [-0.15, -0.1) is 0 Å². The number of rotatable bonds is 1. The monoisotopic (exact) mass is 406 g/mol. The van der Waals surface area contributed by atoms with Crippen molar-refractivity contribution in [2.75, 3.05) is 12.4 Å². The van der Waals surface area contributed by atoms with Gasteiger partial charge >= 0.3 is 6.03 Å². The Morgan fingerprint density at radius 3 is 2.70 bits per heavy atom. The number of carbonyl (C=O) groups is 1. The molecular formula is C14H16ClIN2O2. The molecule has 1 fully saturated rings. The number of halogens is 2. The second-order valence-electron chi connectivity index (χ2n) is 5.35. The fourth-order valence-electron chi connectivity index (χ4n) is 3.33. The molecule has 0 unspecified atom stereocenters. The van der Waals surface area contributed by atoms with E-state index in [0.29, 0.717) is 10.7 Å². The van der Waals surface area contributed by atoms with E-state index in [1.165, 1.54) is 6.42 Å². The fourth-order valence-corrected chi connectivity index (χ4v) is 4.57. The van der Waals surface area contributed by atoms with Crippen LogP contribution in [-0.4, -0.2) is 13.1 Å². The topological polar surface area (TPSA) is 50.4 Å². The van der Waals surface area contributed by atoms with Crippen molar-refractivity contribution >= 4 is 45.9 Å². The van der Waals surface area contributed by atoms with Gasteiger partial charge in [0.2, 0.25) is 0 Å². The van der Waals surface area contributed by atoms with E-state index in [1.54, 1.807) is 7.11 Å². The second-order valence-corrected chi connectivity index (χ2v) is 6.91. The molecule has 1 heterocycles. The zero-order valence-corrected chi connectivity index (χ0v) is 14.1. The Kier molecular flexibility index (Phi) is 3.75. The Hall–Kier alpha value is -0.690. The lowest BCUT2D eigenvalue weighted by Gasteiger charge is -2.43. The molecule has 108 valence electrons. The summed E-state index contributed by atoms with van der Waals surface area (Å²) in [4.78, 5) is 12.0. The predicted octanol–water partition coefficient (Wildman–Crippen LogP) is 4.25. The van der Waals surface area contributed by atoms with Gasteiger partial charge in [-0.3, -0.25) is 0 Å². The van der Waals surface area contributed by atoms with E-state index in [-0.39, 0.29) is 11.6 Å². The summed E-state index contributed by atoms with van der Waals surface area (Å²) in [6.45, 7) is 0. The average molecular weight is 407 g/mol. The molecule has 0 radical (unpaired) electrons. The molecule has 2 aliphatic rings. The summed E-state index contributed by atoms with van der Waals surface area (Å²) in [6.07, 6.45) is 5.28. The molecule has 6 heteroatoms. The highest BCUT2D eigenvalue weighted by molar-refractivity contribution is 14.1. The Bertz CT molecular complexity index is 571. The highest BCUT2D eigenvalue weighted by Gasteiger charge is 2.44. The van der Waals surface area contributed by atoms with E-state index >= 15 is 0 Å². The number of anilines is 1. The van der Waals surface area contributed by atoms with Crippen LogP contribution in [0.15, 0.2) is 6.07 Å². The quantitative estimate of drug-likeness (QED) is 0.685. The minimum absolute atomic E-state index is 0.176. The van der Waals surface area contributed by atoms with Crippen LogP contribution in [0.3, 0.4) is 0 Å². The van der Waals surface area contributed by atoms with Gasteiger partial charge in [0.25, 0.3) is 0 Å². The first-order valence-corrected chi connectivity index (χ1v) is 8.19. The molecule has 1 spiro atoms. The van der Waals surface area contributed by atoms with Gasteiger partial charge in [0.05, 0.1) is 26.9 Å². The molecule has 1 aromatic rings. The number of carbonyl (C=O) groups excluding carboxylic acids is 1. The van der Waals surface area contributed by atoms with Crippen LogP contribution in [0.5, 0.6) is 5.75 Å². The predicted molar refractivity (Wildman–Crippen MR) is 87.6 cm³/mol. The molecule has 1 saturated carbocycles. The fraction of sp³-hybridized carbons (Fsp3) is 0.500. The second kappa shape index (κ2) is 5.26. The van der Waals surface area contributed by atoms with Crippen molar-refractivity contribution in [3.05, 3.63) is 20.2 Å². The maximum absolute atomic E-state index is 12.0. The number of benzene rings is 1. The molecule has 1 aliphatic carbocycles. The maximum atomic E-state index is 12.0. The highest BCUT2D eigenvalue weighted by atomic mass is 127. The van der Waals surface area contributed by atoms with Crippen molar-refractivity contribution in [2.24, 2.45) is 0 Å². The Morgan fingerprint density at radius 1 is 1.35 bits per heavy atom. The third kappa shape index (κ3) is 2.15. The molecule has 1 aliphatic heterocycles. The summed E-state index contributed by atoms with van der Waals surface area (Å²) in [5, 5.41) is 6.54. The molecule has 0 bridgehead atoms. The lowest BCUT2D eigenvalue weighted by Crippen LogP contribution is -2.53. The van der Waals surface area contributed by atoms with Crippen LogP contribution in [0.1, 0.15) is 37.7 Å². The average Bonchev–Trinajstić information content (AvgIpc) is 2.41. The number of urea groups is 1. The lowest BCUT2D eigenvalue weighted by molar-refractivity contribution is 0.205. The molecule has 2 N–H and O–H groups in total. The van der Waals surface area contributed by atoms with Gasteiger partial charge in [0.15, 0.2) is 0 Å². The normalized spacial score (nSPS) is 20.1. The van der Waals surface area contributed by atoms with E-state index in [9.17, 15) is 4.79 Å². The van der Waals surface area contributed by atoms with Gasteiger partial charge in [-0.2, -0.15) is 0 Å². The van der Waals surface area contributed by atoms with Crippen molar-refractivity contribution in [1.29, 1.82) is 0 Å². The molecule has 4 nitrogen and oxygen atoms in total. The largest absolute Gasteiger partial charge is 0.495 e. The maximum Gasteiger partial charge on any atom is 0.319 e. The third-order valence-corrected chi connectivity index (χ3v) is 5.27. The zero-order chi connectivity index (χ0) is 14.3. The first kappa shape index (κ1) is 14.3. The summed E-state index contributed by atoms with van der Waals surface area (Å²) in [5.41, 5.74) is 1.37. The molecule has 0 saturated heterocycles. The van der Waals surface area contributed by atoms with Crippen molar-refractivity contribution < 1.29 is 9.53 Å². The molecule has 1 aromatic carbocycles. The number of ether oxygens (including phenoxy) is 1. The molecule has 2 amide bonds. The van der Waals surface area contributed by atoms with E-state index in [0.717, 1.165) is 40.6 Å². The molecular weight excluding hydrogens is 391 g/mol. The minimum atomic E-state index is -0.341. The summed E-state index contributed by atoms with van der Waals surface area (Å²) < 4.78 is 6.57. The third-order valence-electron chi connectivity index (χ3n) is 4.17. The van der Waals surface area contributed by atoms with E-state index in [4.69, 9.17) is 16.3 Å². The smallest absolute Gasteiger partial charge is 0.319 e. The summed E-state index contributed by atoms with van der Waals surface area (Å²) in [7, 11) is 1.67. The summed E-state index contributed by atoms with van der Waals surface area (Å²) >= 11 is 8.57. The van der Waals surface area contributed by atoms with Crippen LogP contribution in [0.2, 0.25) is 5.02 Å². The van der Waals surface area contributed by atoms with Crippen LogP contribution < -0.4 is 15.4 Å². The van der Waals surface area contributed by atoms with Gasteiger partial charge in [0, 0.05) is 5.56 Å². The van der Waals surface area contributed by atoms with E-state index < -0.39 is 0 Å². The van der Waals surface area contributed by atoms with Crippen LogP contribution in [0.25, 0.3) is 0 Å². The van der Waals surface area contributed by atoms with Crippen LogP contribution in [-0.2, 0) is 5.54 Å². The van der Waals surface area contributed by atoms with Crippen molar-refractivity contribution in [3.63, 3.8) is 0 Å². The molecule has 0 aromatic heterocycles. The van der Waals surface area contributed by atoms with Crippen molar-refractivity contribution in [2.45, 2.75) is 37.6 Å². The molecule has 3 rings (SSSR count). The van der Waals surface area contributed by atoms with Crippen LogP contribution >= 0.6 is 34.2 Å². The number of methoxy groups -OCH3 is 1. The standard InChI is InChI=1S/C14H16ClIN2O2/c1-20-12-9(16)7-8(15)11-10(12)14(18-13(19)17-11)5-3-2-4-6-14/h7H,2-6H2,1H3,(H2,17,18,19). The van der Waals surface area contributed by atoms with E-state index in [1.807, 2.05) is 6.07 Å².